The first-order valence-electron chi connectivity index (χ1n) is 6.45. The number of hydrogen-bond acceptors (Lipinski definition) is 4. The van der Waals surface area contributed by atoms with Crippen LogP contribution in [0, 0.1) is 5.41 Å². The van der Waals surface area contributed by atoms with Crippen molar-refractivity contribution in [2.75, 3.05) is 5.75 Å². The normalized spacial score (nSPS) is 15.7. The first-order chi connectivity index (χ1) is 8.92. The highest BCUT2D eigenvalue weighted by Crippen LogP contribution is 2.36. The van der Waals surface area contributed by atoms with Crippen LogP contribution in [0.4, 0.5) is 0 Å². The minimum atomic E-state index is -0.771. The van der Waals surface area contributed by atoms with Gasteiger partial charge < -0.3 is 5.11 Å². The Morgan fingerprint density at radius 1 is 1.58 bits per heavy atom. The highest BCUT2D eigenvalue weighted by Gasteiger charge is 2.29. The number of carbonyl (C=O) groups is 1. The van der Waals surface area contributed by atoms with Crippen LogP contribution in [-0.2, 0) is 4.79 Å². The minimum Gasteiger partial charge on any atom is -0.481 e. The van der Waals surface area contributed by atoms with Crippen molar-refractivity contribution in [1.29, 1.82) is 0 Å². The zero-order chi connectivity index (χ0) is 14.0. The van der Waals surface area contributed by atoms with Crippen molar-refractivity contribution in [1.82, 2.24) is 14.8 Å². The van der Waals surface area contributed by atoms with Gasteiger partial charge >= 0.3 is 11.7 Å². The van der Waals surface area contributed by atoms with Crippen LogP contribution in [0.2, 0.25) is 0 Å². The van der Waals surface area contributed by atoms with Gasteiger partial charge in [-0.05, 0) is 39.5 Å². The van der Waals surface area contributed by atoms with E-state index in [9.17, 15) is 9.59 Å². The van der Waals surface area contributed by atoms with Crippen molar-refractivity contribution in [3.8, 4) is 0 Å². The van der Waals surface area contributed by atoms with Gasteiger partial charge in [-0.15, -0.1) is 5.10 Å². The van der Waals surface area contributed by atoms with Gasteiger partial charge in [0.25, 0.3) is 0 Å². The molecule has 0 unspecified atom stereocenters. The summed E-state index contributed by atoms with van der Waals surface area (Å²) in [5.41, 5.74) is -0.835. The number of hydrogen-bond donors (Lipinski definition) is 2. The molecule has 0 atom stereocenters. The summed E-state index contributed by atoms with van der Waals surface area (Å²) in [6, 6.07) is 0.309. The molecular weight excluding hydrogens is 266 g/mol. The average Bonchev–Trinajstić information content (AvgIpc) is 3.09. The van der Waals surface area contributed by atoms with Crippen molar-refractivity contribution >= 4 is 17.7 Å². The van der Waals surface area contributed by atoms with Crippen LogP contribution >= 0.6 is 11.8 Å². The topological polar surface area (TPSA) is 88.0 Å². The number of aromatic nitrogens is 3. The predicted octanol–water partition coefficient (Wildman–Crippen LogP) is 1.89. The lowest BCUT2D eigenvalue weighted by atomic mass is 9.88. The molecule has 0 bridgehead atoms. The summed E-state index contributed by atoms with van der Waals surface area (Å²) >= 11 is 1.52. The summed E-state index contributed by atoms with van der Waals surface area (Å²) < 4.78 is 1.72. The maximum Gasteiger partial charge on any atom is 0.344 e. The second kappa shape index (κ2) is 5.40. The summed E-state index contributed by atoms with van der Waals surface area (Å²) in [6.07, 6.45) is 3.49. The van der Waals surface area contributed by atoms with E-state index < -0.39 is 11.4 Å². The Hall–Kier alpha value is -1.24. The number of H-pyrrole nitrogens is 1. The van der Waals surface area contributed by atoms with Crippen LogP contribution in [0.5, 0.6) is 0 Å². The smallest absolute Gasteiger partial charge is 0.344 e. The lowest BCUT2D eigenvalue weighted by Crippen LogP contribution is -2.23. The number of nitrogens with one attached hydrogen (secondary N) is 1. The van der Waals surface area contributed by atoms with Crippen LogP contribution in [0.25, 0.3) is 0 Å². The summed E-state index contributed by atoms with van der Waals surface area (Å²) in [5, 5.41) is 16.2. The molecule has 1 aromatic rings. The molecule has 1 aliphatic rings. The zero-order valence-corrected chi connectivity index (χ0v) is 12.0. The number of carboxylic acids is 1. The van der Waals surface area contributed by atoms with Crippen LogP contribution < -0.4 is 5.69 Å². The second-order valence-corrected chi connectivity index (χ2v) is 6.62. The van der Waals surface area contributed by atoms with E-state index in [1.807, 2.05) is 0 Å². The third kappa shape index (κ3) is 3.40. The van der Waals surface area contributed by atoms with Gasteiger partial charge in [-0.25, -0.2) is 9.89 Å². The monoisotopic (exact) mass is 285 g/mol. The maximum atomic E-state index is 11.6. The molecule has 1 fully saturated rings. The SMILES string of the molecule is CC(C)(CCCSc1n[nH]c(=O)n1C1CC1)C(=O)O. The van der Waals surface area contributed by atoms with Gasteiger partial charge in [0.2, 0.25) is 0 Å². The molecule has 0 aromatic carbocycles. The third-order valence-corrected chi connectivity index (χ3v) is 4.38. The number of aromatic amines is 1. The van der Waals surface area contributed by atoms with E-state index in [4.69, 9.17) is 5.11 Å². The highest BCUT2D eigenvalue weighted by molar-refractivity contribution is 7.99. The summed E-state index contributed by atoms with van der Waals surface area (Å²) in [4.78, 5) is 22.5. The molecule has 0 aliphatic heterocycles. The molecule has 0 saturated heterocycles. The largest absolute Gasteiger partial charge is 0.481 e. The number of thioether (sulfide) groups is 1. The first-order valence-corrected chi connectivity index (χ1v) is 7.43. The summed E-state index contributed by atoms with van der Waals surface area (Å²) in [6.45, 7) is 3.46. The van der Waals surface area contributed by atoms with E-state index in [0.717, 1.165) is 30.2 Å². The van der Waals surface area contributed by atoms with E-state index in [1.54, 1.807) is 18.4 Å². The molecule has 1 heterocycles. The maximum absolute atomic E-state index is 11.6. The van der Waals surface area contributed by atoms with Gasteiger partial charge in [-0.2, -0.15) is 0 Å². The Labute approximate surface area is 115 Å². The molecule has 7 heteroatoms. The Balaban J connectivity index is 1.83. The van der Waals surface area contributed by atoms with E-state index in [2.05, 4.69) is 10.2 Å². The van der Waals surface area contributed by atoms with Gasteiger partial charge in [-0.3, -0.25) is 9.36 Å². The molecule has 1 aromatic heterocycles. The number of carboxylic acid groups (broad SMARTS) is 1. The molecule has 2 N–H and O–H groups in total. The van der Waals surface area contributed by atoms with Crippen molar-refractivity contribution in [3.05, 3.63) is 10.5 Å². The fourth-order valence-electron chi connectivity index (χ4n) is 1.83. The molecule has 19 heavy (non-hydrogen) atoms. The lowest BCUT2D eigenvalue weighted by molar-refractivity contribution is -0.147. The van der Waals surface area contributed by atoms with Gasteiger partial charge in [0.1, 0.15) is 0 Å². The van der Waals surface area contributed by atoms with Gasteiger partial charge in [0.05, 0.1) is 5.41 Å². The zero-order valence-electron chi connectivity index (χ0n) is 11.2. The van der Waals surface area contributed by atoms with E-state index in [0.29, 0.717) is 12.5 Å². The Morgan fingerprint density at radius 3 is 2.84 bits per heavy atom. The Morgan fingerprint density at radius 2 is 2.26 bits per heavy atom. The molecule has 0 radical (unpaired) electrons. The van der Waals surface area contributed by atoms with Gasteiger partial charge in [0, 0.05) is 11.8 Å². The van der Waals surface area contributed by atoms with Crippen LogP contribution in [0.3, 0.4) is 0 Å². The molecule has 1 aliphatic carbocycles. The fraction of sp³-hybridized carbons (Fsp3) is 0.750. The Bertz CT molecular complexity index is 517. The fourth-order valence-corrected chi connectivity index (χ4v) is 2.78. The Kier molecular flexibility index (Phi) is 4.03. The molecule has 0 spiro atoms. The van der Waals surface area contributed by atoms with Crippen LogP contribution in [-0.4, -0.2) is 31.6 Å². The number of aliphatic carboxylic acids is 1. The molecule has 106 valence electrons. The van der Waals surface area contributed by atoms with Crippen molar-refractivity contribution in [2.45, 2.75) is 50.7 Å². The second-order valence-electron chi connectivity index (χ2n) is 5.55. The quantitative estimate of drug-likeness (QED) is 0.590. The van der Waals surface area contributed by atoms with Crippen molar-refractivity contribution in [3.63, 3.8) is 0 Å². The predicted molar refractivity (Wildman–Crippen MR) is 72.5 cm³/mol. The standard InChI is InChI=1S/C12H19N3O3S/c1-12(2,9(16)17)6-3-7-19-11-14-13-10(18)15(11)8-4-5-8/h8H,3-7H2,1-2H3,(H,13,18)(H,16,17). The molecular formula is C12H19N3O3S. The first kappa shape index (κ1) is 14.2. The van der Waals surface area contributed by atoms with E-state index >= 15 is 0 Å². The van der Waals surface area contributed by atoms with Crippen LogP contribution in [0.15, 0.2) is 9.95 Å². The number of nitrogens with zero attached hydrogens (tertiary/aromatic N) is 2. The lowest BCUT2D eigenvalue weighted by Gasteiger charge is -2.18. The molecule has 2 rings (SSSR count). The third-order valence-electron chi connectivity index (χ3n) is 3.34. The minimum absolute atomic E-state index is 0.143. The summed E-state index contributed by atoms with van der Waals surface area (Å²) in [5.74, 6) is 0.000401. The van der Waals surface area contributed by atoms with Crippen molar-refractivity contribution in [2.24, 2.45) is 5.41 Å². The summed E-state index contributed by atoms with van der Waals surface area (Å²) in [7, 11) is 0. The molecule has 6 nitrogen and oxygen atoms in total. The molecule has 1 saturated carbocycles. The molecule has 0 amide bonds. The number of rotatable bonds is 7. The van der Waals surface area contributed by atoms with Crippen molar-refractivity contribution < 1.29 is 9.90 Å². The van der Waals surface area contributed by atoms with E-state index in [-0.39, 0.29) is 5.69 Å². The van der Waals surface area contributed by atoms with Gasteiger partial charge in [0.15, 0.2) is 5.16 Å². The van der Waals surface area contributed by atoms with E-state index in [1.165, 1.54) is 11.8 Å². The van der Waals surface area contributed by atoms with Gasteiger partial charge in [-0.1, -0.05) is 11.8 Å². The average molecular weight is 285 g/mol. The highest BCUT2D eigenvalue weighted by atomic mass is 32.2. The van der Waals surface area contributed by atoms with Crippen LogP contribution in [0.1, 0.15) is 45.6 Å².